The summed E-state index contributed by atoms with van der Waals surface area (Å²) in [5, 5.41) is 49.5. The molecule has 418 valence electrons. The van der Waals surface area contributed by atoms with E-state index in [1.165, 1.54) is 67.9 Å². The Morgan fingerprint density at radius 1 is 0.816 bits per heavy atom. The number of carbonyl (C=O) groups excluding carboxylic acids is 7. The molecule has 0 spiro atoms. The largest absolute Gasteiger partial charge is 0.461 e. The Hall–Kier alpha value is -5.81. The number of amides is 1. The smallest absolute Gasteiger partial charge is 0.408 e. The number of benzene rings is 2. The Labute approximate surface area is 441 Å². The summed E-state index contributed by atoms with van der Waals surface area (Å²) in [7, 11) is 2.67. The van der Waals surface area contributed by atoms with Crippen LogP contribution in [0.5, 0.6) is 0 Å². The molecule has 0 radical (unpaired) electrons. The van der Waals surface area contributed by atoms with Gasteiger partial charge < -0.3 is 68.4 Å². The van der Waals surface area contributed by atoms with Crippen LogP contribution in [0.1, 0.15) is 104 Å². The molecule has 2 aromatic rings. The Morgan fingerprint density at radius 2 is 1.38 bits per heavy atom. The molecule has 2 saturated carbocycles. The fourth-order valence-corrected chi connectivity index (χ4v) is 11.3. The van der Waals surface area contributed by atoms with E-state index in [1.54, 1.807) is 69.3 Å². The number of rotatable bonds is 18. The predicted octanol–water partition coefficient (Wildman–Crippen LogP) is 3.65. The van der Waals surface area contributed by atoms with Gasteiger partial charge in [-0.2, -0.15) is 0 Å². The van der Waals surface area contributed by atoms with Crippen LogP contribution < -0.4 is 5.32 Å². The van der Waals surface area contributed by atoms with E-state index in [4.69, 9.17) is 42.6 Å². The number of ketones is 1. The number of hydrogen-bond acceptors (Lipinski definition) is 20. The highest BCUT2D eigenvalue weighted by atomic mass is 16.6. The normalized spacial score (nSPS) is 28.8. The second-order valence-electron chi connectivity index (χ2n) is 22.6. The number of nitrogens with one attached hydrogen (secondary N) is 1. The lowest BCUT2D eigenvalue weighted by molar-refractivity contribution is -0.347. The van der Waals surface area contributed by atoms with E-state index in [0.717, 1.165) is 6.92 Å². The van der Waals surface area contributed by atoms with Crippen molar-refractivity contribution in [2.24, 2.45) is 27.6 Å². The van der Waals surface area contributed by atoms with E-state index in [1.807, 2.05) is 0 Å². The first-order valence-corrected chi connectivity index (χ1v) is 25.0. The molecular weight excluding hydrogens is 995 g/mol. The molecule has 1 saturated heterocycles. The SMILES string of the molecule is COCC(C)(COC)C(=O)O[C@H]1C(=O)[C@@]2(C)C([C@H](OC(=O)c3ccccc3)[C@]3(O)C[C@H](OC(=O)[C@H](O)[C@@H](NC(=O)OC(C)(C)C)c4ccccc4)C(C)=C1C3(C)C)[C@]1(OC(C)=O)CO[C@@H]1C[C@@H]2OC(=O)C(C)(CO)CO. The third-order valence-corrected chi connectivity index (χ3v) is 15.6. The lowest BCUT2D eigenvalue weighted by Gasteiger charge is -2.67. The highest BCUT2D eigenvalue weighted by Gasteiger charge is 2.79. The molecule has 1 amide bonds. The first-order chi connectivity index (χ1) is 35.4. The Balaban J connectivity index is 1.66. The molecule has 2 bridgehead atoms. The van der Waals surface area contributed by atoms with Crippen LogP contribution in [0.2, 0.25) is 0 Å². The van der Waals surface area contributed by atoms with Gasteiger partial charge in [-0.1, -0.05) is 62.4 Å². The van der Waals surface area contributed by atoms with Gasteiger partial charge in [-0.25, -0.2) is 14.4 Å². The average molecular weight is 1070 g/mol. The van der Waals surface area contributed by atoms with Gasteiger partial charge >= 0.3 is 35.9 Å². The summed E-state index contributed by atoms with van der Waals surface area (Å²) in [5.74, 6) is -8.33. The van der Waals surface area contributed by atoms with Crippen molar-refractivity contribution >= 4 is 41.7 Å². The van der Waals surface area contributed by atoms with E-state index >= 15 is 4.79 Å². The zero-order chi connectivity index (χ0) is 56.6. The summed E-state index contributed by atoms with van der Waals surface area (Å²) in [5.41, 5.74) is -13.3. The molecule has 1 unspecified atom stereocenters. The van der Waals surface area contributed by atoms with Gasteiger partial charge in [0.2, 0.25) is 0 Å². The molecule has 11 atom stereocenters. The van der Waals surface area contributed by atoms with Gasteiger partial charge in [0.15, 0.2) is 23.6 Å². The number of ether oxygens (including phenoxy) is 9. The van der Waals surface area contributed by atoms with Crippen molar-refractivity contribution in [1.82, 2.24) is 5.32 Å². The zero-order valence-corrected chi connectivity index (χ0v) is 45.2. The molecule has 1 aliphatic heterocycles. The van der Waals surface area contributed by atoms with Gasteiger partial charge in [0.05, 0.1) is 56.0 Å². The Morgan fingerprint density at radius 3 is 1.89 bits per heavy atom. The van der Waals surface area contributed by atoms with Gasteiger partial charge in [-0.15, -0.1) is 0 Å². The highest BCUT2D eigenvalue weighted by Crippen LogP contribution is 2.65. The molecule has 21 heteroatoms. The number of fused-ring (bicyclic) bond motifs is 5. The summed E-state index contributed by atoms with van der Waals surface area (Å²) in [6.07, 6.45) is -13.0. The minimum atomic E-state index is -2.61. The molecule has 4 aliphatic rings. The number of hydrogen-bond donors (Lipinski definition) is 5. The second-order valence-corrected chi connectivity index (χ2v) is 22.6. The van der Waals surface area contributed by atoms with Crippen molar-refractivity contribution in [3.63, 3.8) is 0 Å². The number of methoxy groups -OCH3 is 2. The average Bonchev–Trinajstić information content (AvgIpc) is 3.35. The number of aliphatic hydroxyl groups is 4. The van der Waals surface area contributed by atoms with Crippen LogP contribution in [0.15, 0.2) is 71.8 Å². The molecule has 1 heterocycles. The number of aliphatic hydroxyl groups excluding tert-OH is 3. The van der Waals surface area contributed by atoms with Gasteiger partial charge in [-0.05, 0) is 77.3 Å². The Kier molecular flexibility index (Phi) is 17.4. The number of carbonyl (C=O) groups is 7. The standard InChI is InChI=1S/C55H73NO20/c1-30-34(71-45(63)39(60)38(32-19-15-13-16-20-32)56-48(66)76-49(3,4)5)24-55(67)43(74-44(62)33-21-17-14-18-22-33)41-53(10,42(61)40(37(30)50(55,6)7)73-47(65)52(9,27-68-11)28-69-12)35(72-46(64)51(8,25-57)26-58)23-36-54(41,29-70-36)75-31(2)59/h13-22,34-36,38-41,43,57-58,60,67H,23-29H2,1-12H3,(H,56,66)/t34-,35-,36+,38-,39+,40+,41?,43-,53+,54-,55+/m0/s1. The minimum Gasteiger partial charge on any atom is -0.461 e. The van der Waals surface area contributed by atoms with Crippen LogP contribution in [0.25, 0.3) is 0 Å². The van der Waals surface area contributed by atoms with Crippen molar-refractivity contribution in [3.05, 3.63) is 82.9 Å². The van der Waals surface area contributed by atoms with Crippen LogP contribution in [0.3, 0.4) is 0 Å². The van der Waals surface area contributed by atoms with Crippen LogP contribution in [0.4, 0.5) is 4.79 Å². The molecular formula is C55H73NO20. The van der Waals surface area contributed by atoms with Gasteiger partial charge in [-0.3, -0.25) is 19.2 Å². The summed E-state index contributed by atoms with van der Waals surface area (Å²) in [6.45, 7) is 11.6. The van der Waals surface area contributed by atoms with Crippen molar-refractivity contribution in [2.45, 2.75) is 142 Å². The number of alkyl carbamates (subject to hydrolysis) is 1. The van der Waals surface area contributed by atoms with Crippen LogP contribution in [0, 0.1) is 27.6 Å². The molecule has 3 fully saturated rings. The van der Waals surface area contributed by atoms with E-state index in [9.17, 15) is 49.2 Å². The van der Waals surface area contributed by atoms with E-state index < -0.39 is 161 Å². The van der Waals surface area contributed by atoms with Crippen molar-refractivity contribution in [3.8, 4) is 0 Å². The molecule has 2 aromatic carbocycles. The fourth-order valence-electron chi connectivity index (χ4n) is 11.3. The van der Waals surface area contributed by atoms with Crippen LogP contribution in [-0.2, 0) is 66.6 Å². The van der Waals surface area contributed by atoms with Crippen LogP contribution >= 0.6 is 0 Å². The van der Waals surface area contributed by atoms with Crippen molar-refractivity contribution in [2.75, 3.05) is 47.3 Å². The maximum absolute atomic E-state index is 16.7. The van der Waals surface area contributed by atoms with Gasteiger partial charge in [0.25, 0.3) is 0 Å². The topological polar surface area (TPSA) is 296 Å². The van der Waals surface area contributed by atoms with Crippen molar-refractivity contribution < 1.29 is 96.6 Å². The van der Waals surface area contributed by atoms with Crippen LogP contribution in [-0.4, -0.2) is 163 Å². The first-order valence-electron chi connectivity index (χ1n) is 25.0. The lowest BCUT2D eigenvalue weighted by atomic mass is 9.44. The third kappa shape index (κ3) is 10.9. The fraction of sp³-hybridized carbons (Fsp3) is 0.618. The first kappa shape index (κ1) is 59.4. The number of esters is 5. The summed E-state index contributed by atoms with van der Waals surface area (Å²) < 4.78 is 54.1. The van der Waals surface area contributed by atoms with Crippen molar-refractivity contribution in [1.29, 1.82) is 0 Å². The number of Topliss-reactive ketones (excluding diaryl/α,β-unsaturated/α-hetero) is 1. The monoisotopic (exact) mass is 1070 g/mol. The zero-order valence-electron chi connectivity index (χ0n) is 45.2. The second kappa shape index (κ2) is 22.3. The molecule has 0 aromatic heterocycles. The van der Waals surface area contributed by atoms with Gasteiger partial charge in [0, 0.05) is 39.4 Å². The molecule has 76 heavy (non-hydrogen) atoms. The minimum absolute atomic E-state index is 0.0249. The maximum atomic E-state index is 16.7. The highest BCUT2D eigenvalue weighted by molar-refractivity contribution is 5.96. The lowest BCUT2D eigenvalue weighted by Crippen LogP contribution is -2.82. The van der Waals surface area contributed by atoms with E-state index in [-0.39, 0.29) is 35.5 Å². The quantitative estimate of drug-likeness (QED) is 0.0809. The van der Waals surface area contributed by atoms with Gasteiger partial charge in [0.1, 0.15) is 46.4 Å². The summed E-state index contributed by atoms with van der Waals surface area (Å²) >= 11 is 0. The van der Waals surface area contributed by atoms with E-state index in [0.29, 0.717) is 0 Å². The maximum Gasteiger partial charge on any atom is 0.408 e. The third-order valence-electron chi connectivity index (χ3n) is 15.6. The molecule has 5 N–H and O–H groups in total. The van der Waals surface area contributed by atoms with E-state index in [2.05, 4.69) is 5.32 Å². The molecule has 3 aliphatic carbocycles. The summed E-state index contributed by atoms with van der Waals surface area (Å²) in [6, 6.07) is 14.1. The predicted molar refractivity (Wildman–Crippen MR) is 265 cm³/mol. The molecule has 6 rings (SSSR count). The molecule has 21 nitrogen and oxygen atoms in total. The summed E-state index contributed by atoms with van der Waals surface area (Å²) in [4.78, 5) is 102. The Bertz CT molecular complexity index is 2530.